The second-order valence-corrected chi connectivity index (χ2v) is 4.18. The summed E-state index contributed by atoms with van der Waals surface area (Å²) in [6, 6.07) is 0. The van der Waals surface area contributed by atoms with Gasteiger partial charge >= 0.3 is 0 Å². The molecular formula is C12H15N3O. The Morgan fingerprint density at radius 2 is 1.88 bits per heavy atom. The standard InChI is InChI=1S/C12H15N3O/c1-7(2)10-5-14-11(6-13-10)12-8(3)15-16-9(12)4/h5-7H,1-4H3. The van der Waals surface area contributed by atoms with Gasteiger partial charge in [-0.3, -0.25) is 9.97 Å². The van der Waals surface area contributed by atoms with Crippen molar-refractivity contribution in [1.82, 2.24) is 15.1 Å². The van der Waals surface area contributed by atoms with E-state index >= 15 is 0 Å². The quantitative estimate of drug-likeness (QED) is 0.776. The van der Waals surface area contributed by atoms with Crippen LogP contribution in [0.1, 0.15) is 36.9 Å². The fourth-order valence-corrected chi connectivity index (χ4v) is 1.61. The molecule has 0 spiro atoms. The molecule has 0 aromatic carbocycles. The molecule has 16 heavy (non-hydrogen) atoms. The lowest BCUT2D eigenvalue weighted by Crippen LogP contribution is -1.95. The van der Waals surface area contributed by atoms with E-state index in [1.54, 1.807) is 6.20 Å². The van der Waals surface area contributed by atoms with E-state index in [1.807, 2.05) is 20.0 Å². The first-order chi connectivity index (χ1) is 7.59. The van der Waals surface area contributed by atoms with Gasteiger partial charge in [-0.1, -0.05) is 19.0 Å². The Morgan fingerprint density at radius 3 is 2.31 bits per heavy atom. The zero-order chi connectivity index (χ0) is 11.7. The number of aromatic nitrogens is 3. The van der Waals surface area contributed by atoms with Crippen molar-refractivity contribution in [3.05, 3.63) is 29.5 Å². The van der Waals surface area contributed by atoms with Gasteiger partial charge in [-0.05, 0) is 19.8 Å². The zero-order valence-electron chi connectivity index (χ0n) is 9.98. The maximum Gasteiger partial charge on any atom is 0.143 e. The first-order valence-corrected chi connectivity index (χ1v) is 5.34. The van der Waals surface area contributed by atoms with Crippen LogP contribution in [0.4, 0.5) is 0 Å². The maximum atomic E-state index is 5.11. The van der Waals surface area contributed by atoms with E-state index in [2.05, 4.69) is 29.0 Å². The molecule has 0 unspecified atom stereocenters. The highest BCUT2D eigenvalue weighted by atomic mass is 16.5. The molecule has 2 aromatic rings. The minimum Gasteiger partial charge on any atom is -0.361 e. The maximum absolute atomic E-state index is 5.11. The molecule has 0 saturated heterocycles. The minimum absolute atomic E-state index is 0.395. The van der Waals surface area contributed by atoms with Gasteiger partial charge in [0.25, 0.3) is 0 Å². The van der Waals surface area contributed by atoms with Gasteiger partial charge in [0.1, 0.15) is 5.76 Å². The molecule has 0 fully saturated rings. The molecular weight excluding hydrogens is 202 g/mol. The van der Waals surface area contributed by atoms with Crippen LogP contribution in [0.15, 0.2) is 16.9 Å². The van der Waals surface area contributed by atoms with Crippen molar-refractivity contribution in [2.24, 2.45) is 0 Å². The highest BCUT2D eigenvalue weighted by molar-refractivity contribution is 5.62. The highest BCUT2D eigenvalue weighted by Gasteiger charge is 2.13. The summed E-state index contributed by atoms with van der Waals surface area (Å²) in [5.74, 6) is 1.18. The number of aryl methyl sites for hydroxylation is 2. The van der Waals surface area contributed by atoms with E-state index < -0.39 is 0 Å². The van der Waals surface area contributed by atoms with E-state index in [0.717, 1.165) is 28.4 Å². The SMILES string of the molecule is Cc1noc(C)c1-c1cnc(C(C)C)cn1. The van der Waals surface area contributed by atoms with Crippen LogP contribution >= 0.6 is 0 Å². The van der Waals surface area contributed by atoms with Crippen molar-refractivity contribution in [3.8, 4) is 11.3 Å². The summed E-state index contributed by atoms with van der Waals surface area (Å²) < 4.78 is 5.11. The van der Waals surface area contributed by atoms with Crippen molar-refractivity contribution in [2.45, 2.75) is 33.6 Å². The highest BCUT2D eigenvalue weighted by Crippen LogP contribution is 2.24. The van der Waals surface area contributed by atoms with Crippen molar-refractivity contribution in [1.29, 1.82) is 0 Å². The van der Waals surface area contributed by atoms with Crippen molar-refractivity contribution in [3.63, 3.8) is 0 Å². The Morgan fingerprint density at radius 1 is 1.12 bits per heavy atom. The van der Waals surface area contributed by atoms with E-state index in [9.17, 15) is 0 Å². The summed E-state index contributed by atoms with van der Waals surface area (Å²) in [5, 5.41) is 3.91. The third kappa shape index (κ3) is 1.83. The van der Waals surface area contributed by atoms with Crippen LogP contribution in [0.5, 0.6) is 0 Å². The largest absolute Gasteiger partial charge is 0.361 e. The molecule has 4 nitrogen and oxygen atoms in total. The van der Waals surface area contributed by atoms with Gasteiger partial charge in [-0.15, -0.1) is 0 Å². The molecule has 0 saturated carbocycles. The predicted molar refractivity (Wildman–Crippen MR) is 61.1 cm³/mol. The lowest BCUT2D eigenvalue weighted by molar-refractivity contribution is 0.393. The molecule has 0 aliphatic rings. The minimum atomic E-state index is 0.395. The molecule has 2 rings (SSSR count). The topological polar surface area (TPSA) is 51.8 Å². The summed E-state index contributed by atoms with van der Waals surface area (Å²) in [6.07, 6.45) is 3.59. The Kier molecular flexibility index (Phi) is 2.73. The Balaban J connectivity index is 2.42. The molecule has 2 aromatic heterocycles. The molecule has 2 heterocycles. The fraction of sp³-hybridized carbons (Fsp3) is 0.417. The molecule has 0 N–H and O–H groups in total. The Hall–Kier alpha value is -1.71. The van der Waals surface area contributed by atoms with Gasteiger partial charge in [0.05, 0.1) is 28.8 Å². The third-order valence-electron chi connectivity index (χ3n) is 2.55. The van der Waals surface area contributed by atoms with Gasteiger partial charge < -0.3 is 4.52 Å². The smallest absolute Gasteiger partial charge is 0.143 e. The summed E-state index contributed by atoms with van der Waals surface area (Å²) in [6.45, 7) is 7.98. The van der Waals surface area contributed by atoms with Crippen LogP contribution in [0, 0.1) is 13.8 Å². The lowest BCUT2D eigenvalue weighted by Gasteiger charge is -2.04. The molecule has 0 aliphatic carbocycles. The van der Waals surface area contributed by atoms with E-state index in [0.29, 0.717) is 5.92 Å². The van der Waals surface area contributed by atoms with Crippen LogP contribution in [0.25, 0.3) is 11.3 Å². The van der Waals surface area contributed by atoms with Crippen LogP contribution in [-0.2, 0) is 0 Å². The molecule has 0 atom stereocenters. The predicted octanol–water partition coefficient (Wildman–Crippen LogP) is 2.87. The van der Waals surface area contributed by atoms with E-state index in [1.165, 1.54) is 0 Å². The molecule has 0 aliphatic heterocycles. The Bertz CT molecular complexity index is 466. The Labute approximate surface area is 94.7 Å². The summed E-state index contributed by atoms with van der Waals surface area (Å²) in [5.41, 5.74) is 3.61. The lowest BCUT2D eigenvalue weighted by atomic mass is 10.1. The van der Waals surface area contributed by atoms with Crippen molar-refractivity contribution in [2.75, 3.05) is 0 Å². The zero-order valence-corrected chi connectivity index (χ0v) is 9.98. The summed E-state index contributed by atoms with van der Waals surface area (Å²) in [4.78, 5) is 8.79. The van der Waals surface area contributed by atoms with E-state index in [4.69, 9.17) is 4.52 Å². The monoisotopic (exact) mass is 217 g/mol. The van der Waals surface area contributed by atoms with Crippen LogP contribution in [0.3, 0.4) is 0 Å². The summed E-state index contributed by atoms with van der Waals surface area (Å²) in [7, 11) is 0. The number of hydrogen-bond donors (Lipinski definition) is 0. The van der Waals surface area contributed by atoms with Gasteiger partial charge in [0, 0.05) is 6.20 Å². The number of rotatable bonds is 2. The molecule has 4 heteroatoms. The van der Waals surface area contributed by atoms with Gasteiger partial charge in [0.2, 0.25) is 0 Å². The average Bonchev–Trinajstić information content (AvgIpc) is 2.59. The van der Waals surface area contributed by atoms with Gasteiger partial charge in [-0.25, -0.2) is 0 Å². The van der Waals surface area contributed by atoms with Gasteiger partial charge in [0.15, 0.2) is 0 Å². The number of hydrogen-bond acceptors (Lipinski definition) is 4. The molecule has 0 amide bonds. The third-order valence-corrected chi connectivity index (χ3v) is 2.55. The molecule has 84 valence electrons. The fourth-order valence-electron chi connectivity index (χ4n) is 1.61. The van der Waals surface area contributed by atoms with Crippen LogP contribution < -0.4 is 0 Å². The van der Waals surface area contributed by atoms with E-state index in [-0.39, 0.29) is 0 Å². The number of nitrogens with zero attached hydrogens (tertiary/aromatic N) is 3. The van der Waals surface area contributed by atoms with Crippen molar-refractivity contribution < 1.29 is 4.52 Å². The average molecular weight is 217 g/mol. The second kappa shape index (κ2) is 4.04. The van der Waals surface area contributed by atoms with Crippen LogP contribution in [-0.4, -0.2) is 15.1 Å². The molecule has 0 bridgehead atoms. The molecule has 0 radical (unpaired) electrons. The first kappa shape index (κ1) is 10.8. The second-order valence-electron chi connectivity index (χ2n) is 4.18. The summed E-state index contributed by atoms with van der Waals surface area (Å²) >= 11 is 0. The first-order valence-electron chi connectivity index (χ1n) is 5.34. The normalized spacial score (nSPS) is 11.1. The van der Waals surface area contributed by atoms with Crippen LogP contribution in [0.2, 0.25) is 0 Å². The van der Waals surface area contributed by atoms with Gasteiger partial charge in [-0.2, -0.15) is 0 Å². The van der Waals surface area contributed by atoms with Crippen molar-refractivity contribution >= 4 is 0 Å².